The number of carbonyl (C=O) groups is 1. The molecule has 0 aliphatic heterocycles. The van der Waals surface area contributed by atoms with Gasteiger partial charge in [0.05, 0.1) is 5.75 Å². The Labute approximate surface area is 179 Å². The van der Waals surface area contributed by atoms with Crippen LogP contribution in [0.4, 0.5) is 5.69 Å². The first-order valence-corrected chi connectivity index (χ1v) is 10.9. The fourth-order valence-corrected chi connectivity index (χ4v) is 4.32. The Morgan fingerprint density at radius 3 is 2.39 bits per heavy atom. The minimum atomic E-state index is -3.92. The van der Waals surface area contributed by atoms with Crippen LogP contribution in [0.1, 0.15) is 29.8 Å². The standard InChI is InChI=1S/C19H26N6O5S/c1-11-6-4-5-7-14(11)10-31(28,29)24-15-9-8-12(2)25(18(15)27)16(17(20)26)13(3)30-23-19(21)22/h4-9,13,16,24H,10H2,1-3H3,(H2,20,26)(H4,21,22,23). The maximum atomic E-state index is 13.1. The lowest BCUT2D eigenvalue weighted by molar-refractivity contribution is -0.125. The number of nitrogens with zero attached hydrogens (tertiary/aromatic N) is 2. The number of pyridine rings is 1. The largest absolute Gasteiger partial charge is 0.387 e. The number of amides is 1. The summed E-state index contributed by atoms with van der Waals surface area (Å²) in [6, 6.07) is 8.52. The van der Waals surface area contributed by atoms with Gasteiger partial charge in [0.2, 0.25) is 21.9 Å². The highest BCUT2D eigenvalue weighted by atomic mass is 32.2. The number of primary amides is 1. The van der Waals surface area contributed by atoms with Gasteiger partial charge in [-0.05, 0) is 49.2 Å². The van der Waals surface area contributed by atoms with Crippen LogP contribution in [0.3, 0.4) is 0 Å². The molecule has 2 atom stereocenters. The number of benzene rings is 1. The number of guanidine groups is 1. The van der Waals surface area contributed by atoms with E-state index in [1.165, 1.54) is 19.1 Å². The number of hydrogen-bond acceptors (Lipinski definition) is 6. The maximum Gasteiger partial charge on any atom is 0.275 e. The van der Waals surface area contributed by atoms with Gasteiger partial charge in [-0.2, -0.15) is 0 Å². The molecule has 12 heteroatoms. The van der Waals surface area contributed by atoms with E-state index in [-0.39, 0.29) is 17.4 Å². The van der Waals surface area contributed by atoms with Gasteiger partial charge in [0.15, 0.2) is 12.1 Å². The first-order valence-electron chi connectivity index (χ1n) is 9.24. The van der Waals surface area contributed by atoms with Crippen molar-refractivity contribution in [3.05, 3.63) is 63.6 Å². The number of rotatable bonds is 9. The monoisotopic (exact) mass is 450 g/mol. The van der Waals surface area contributed by atoms with E-state index in [1.54, 1.807) is 38.1 Å². The molecule has 2 unspecified atom stereocenters. The smallest absolute Gasteiger partial charge is 0.275 e. The third-order valence-corrected chi connectivity index (χ3v) is 5.75. The molecular weight excluding hydrogens is 424 g/mol. The average Bonchev–Trinajstić information content (AvgIpc) is 2.66. The number of aryl methyl sites for hydroxylation is 2. The number of carbonyl (C=O) groups excluding carboxylic acids is 1. The average molecular weight is 451 g/mol. The van der Waals surface area contributed by atoms with Crippen molar-refractivity contribution < 1.29 is 18.0 Å². The summed E-state index contributed by atoms with van der Waals surface area (Å²) in [6.45, 7) is 4.80. The number of nitrogens with two attached hydrogens (primary N) is 3. The van der Waals surface area contributed by atoms with E-state index in [9.17, 15) is 18.0 Å². The van der Waals surface area contributed by atoms with Gasteiger partial charge in [-0.3, -0.25) is 18.9 Å². The zero-order valence-corrected chi connectivity index (χ0v) is 18.2. The van der Waals surface area contributed by atoms with Gasteiger partial charge in [-0.1, -0.05) is 24.3 Å². The molecule has 0 bridgehead atoms. The topological polar surface area (TPSA) is 185 Å². The van der Waals surface area contributed by atoms with Gasteiger partial charge in [-0.15, -0.1) is 0 Å². The molecule has 0 saturated heterocycles. The maximum absolute atomic E-state index is 13.1. The summed E-state index contributed by atoms with van der Waals surface area (Å²) in [5.74, 6) is -1.59. The Morgan fingerprint density at radius 2 is 1.81 bits per heavy atom. The molecular formula is C19H26N6O5S. The van der Waals surface area contributed by atoms with E-state index in [4.69, 9.17) is 22.0 Å². The van der Waals surface area contributed by atoms with E-state index < -0.39 is 33.6 Å². The molecule has 0 aliphatic rings. The van der Waals surface area contributed by atoms with Crippen LogP contribution >= 0.6 is 0 Å². The number of aromatic nitrogens is 1. The van der Waals surface area contributed by atoms with Crippen molar-refractivity contribution >= 4 is 27.6 Å². The molecule has 0 radical (unpaired) electrons. The van der Waals surface area contributed by atoms with Gasteiger partial charge in [0.1, 0.15) is 5.69 Å². The van der Waals surface area contributed by atoms with Crippen LogP contribution in [-0.4, -0.2) is 31.0 Å². The third kappa shape index (κ3) is 5.98. The quantitative estimate of drug-likeness (QED) is 0.236. The normalized spacial score (nSPS) is 13.1. The number of nitrogens with one attached hydrogen (secondary N) is 1. The highest BCUT2D eigenvalue weighted by Gasteiger charge is 2.30. The summed E-state index contributed by atoms with van der Waals surface area (Å²) in [4.78, 5) is 30.2. The van der Waals surface area contributed by atoms with E-state index >= 15 is 0 Å². The Bertz CT molecular complexity index is 1150. The van der Waals surface area contributed by atoms with E-state index in [0.29, 0.717) is 11.3 Å². The number of sulfonamides is 1. The minimum absolute atomic E-state index is 0.237. The molecule has 2 rings (SSSR count). The molecule has 0 aliphatic carbocycles. The van der Waals surface area contributed by atoms with Crippen LogP contribution in [0.2, 0.25) is 0 Å². The first kappa shape index (κ1) is 23.7. The Kier molecular flexibility index (Phi) is 7.28. The van der Waals surface area contributed by atoms with Crippen molar-refractivity contribution in [3.63, 3.8) is 0 Å². The van der Waals surface area contributed by atoms with Crippen LogP contribution in [0.15, 0.2) is 46.3 Å². The summed E-state index contributed by atoms with van der Waals surface area (Å²) >= 11 is 0. The Balaban J connectivity index is 2.43. The highest BCUT2D eigenvalue weighted by molar-refractivity contribution is 7.91. The lowest BCUT2D eigenvalue weighted by Crippen LogP contribution is -2.42. The molecule has 1 aromatic carbocycles. The predicted molar refractivity (Wildman–Crippen MR) is 117 cm³/mol. The van der Waals surface area contributed by atoms with Crippen LogP contribution in [0, 0.1) is 13.8 Å². The SMILES string of the molecule is Cc1ccccc1CS(=O)(=O)Nc1ccc(C)n(C(C(N)=O)C(C)ON=C(N)N)c1=O. The predicted octanol–water partition coefficient (Wildman–Crippen LogP) is 0.0269. The Morgan fingerprint density at radius 1 is 1.16 bits per heavy atom. The minimum Gasteiger partial charge on any atom is -0.387 e. The van der Waals surface area contributed by atoms with Crippen molar-refractivity contribution in [1.82, 2.24) is 4.57 Å². The molecule has 7 N–H and O–H groups in total. The number of hydrogen-bond donors (Lipinski definition) is 4. The van der Waals surface area contributed by atoms with Crippen LogP contribution < -0.4 is 27.5 Å². The van der Waals surface area contributed by atoms with E-state index in [1.807, 2.05) is 0 Å². The number of anilines is 1. The van der Waals surface area contributed by atoms with E-state index in [2.05, 4.69) is 9.88 Å². The van der Waals surface area contributed by atoms with Crippen molar-refractivity contribution in [3.8, 4) is 0 Å². The second-order valence-electron chi connectivity index (χ2n) is 7.03. The lowest BCUT2D eigenvalue weighted by Gasteiger charge is -2.24. The molecule has 0 saturated carbocycles. The summed E-state index contributed by atoms with van der Waals surface area (Å²) in [7, 11) is -3.92. The van der Waals surface area contributed by atoms with Gasteiger partial charge >= 0.3 is 0 Å². The van der Waals surface area contributed by atoms with Crippen LogP contribution in [-0.2, 0) is 25.4 Å². The fourth-order valence-electron chi connectivity index (χ4n) is 3.02. The Hall–Kier alpha value is -3.54. The molecule has 11 nitrogen and oxygen atoms in total. The van der Waals surface area contributed by atoms with Gasteiger partial charge in [0, 0.05) is 5.69 Å². The lowest BCUT2D eigenvalue weighted by atomic mass is 10.1. The zero-order chi connectivity index (χ0) is 23.3. The van der Waals surface area contributed by atoms with Gasteiger partial charge < -0.3 is 22.0 Å². The molecule has 0 spiro atoms. The van der Waals surface area contributed by atoms with Gasteiger partial charge in [0.25, 0.3) is 5.56 Å². The zero-order valence-electron chi connectivity index (χ0n) is 17.4. The third-order valence-electron chi connectivity index (χ3n) is 4.53. The molecule has 1 amide bonds. The molecule has 0 fully saturated rings. The summed E-state index contributed by atoms with van der Waals surface area (Å²) in [5.41, 5.74) is 16.7. The van der Waals surface area contributed by atoms with Crippen molar-refractivity contribution in [1.29, 1.82) is 0 Å². The summed E-state index contributed by atoms with van der Waals surface area (Å²) in [5, 5.41) is 3.39. The molecule has 1 heterocycles. The van der Waals surface area contributed by atoms with Gasteiger partial charge in [-0.25, -0.2) is 8.42 Å². The van der Waals surface area contributed by atoms with Crippen LogP contribution in [0.5, 0.6) is 0 Å². The summed E-state index contributed by atoms with van der Waals surface area (Å²) < 4.78 is 28.7. The second kappa shape index (κ2) is 9.51. The molecule has 168 valence electrons. The summed E-state index contributed by atoms with van der Waals surface area (Å²) in [6.07, 6.45) is -1.02. The second-order valence-corrected chi connectivity index (χ2v) is 8.75. The molecule has 2 aromatic rings. The number of oxime groups is 1. The fraction of sp³-hybridized carbons (Fsp3) is 0.316. The van der Waals surface area contributed by atoms with Crippen molar-refractivity contribution in [2.45, 2.75) is 38.7 Å². The van der Waals surface area contributed by atoms with Crippen LogP contribution in [0.25, 0.3) is 0 Å². The molecule has 1 aromatic heterocycles. The first-order chi connectivity index (χ1) is 14.4. The van der Waals surface area contributed by atoms with Crippen molar-refractivity contribution in [2.24, 2.45) is 22.4 Å². The van der Waals surface area contributed by atoms with Crippen molar-refractivity contribution in [2.75, 3.05) is 4.72 Å². The molecule has 31 heavy (non-hydrogen) atoms. The highest BCUT2D eigenvalue weighted by Crippen LogP contribution is 2.18. The van der Waals surface area contributed by atoms with E-state index in [0.717, 1.165) is 10.1 Å².